The van der Waals surface area contributed by atoms with Gasteiger partial charge >= 0.3 is 0 Å². The fourth-order valence-electron chi connectivity index (χ4n) is 1.75. The van der Waals surface area contributed by atoms with Crippen LogP contribution in [0.4, 0.5) is 5.69 Å². The van der Waals surface area contributed by atoms with E-state index in [1.54, 1.807) is 4.52 Å². The topological polar surface area (TPSA) is 56.2 Å². The third-order valence-corrected chi connectivity index (χ3v) is 2.75. The maximum atomic E-state index is 5.85. The molecule has 0 aliphatic heterocycles. The van der Waals surface area contributed by atoms with Gasteiger partial charge in [-0.25, -0.2) is 9.50 Å². The van der Waals surface area contributed by atoms with Crippen molar-refractivity contribution in [2.75, 3.05) is 5.73 Å². The number of anilines is 1. The number of pyridine rings is 1. The predicted molar refractivity (Wildman–Crippen MR) is 74.8 cm³/mol. The molecule has 0 unspecified atom stereocenters. The number of halogens is 1. The minimum absolute atomic E-state index is 0. The molecule has 18 heavy (non-hydrogen) atoms. The van der Waals surface area contributed by atoms with Gasteiger partial charge in [0.2, 0.25) is 0 Å². The van der Waals surface area contributed by atoms with Crippen LogP contribution in [0, 0.1) is 6.92 Å². The molecule has 0 aliphatic rings. The number of aromatic nitrogens is 3. The zero-order valence-electron chi connectivity index (χ0n) is 9.87. The summed E-state index contributed by atoms with van der Waals surface area (Å²) in [5, 5.41) is 4.43. The zero-order valence-corrected chi connectivity index (χ0v) is 10.7. The quantitative estimate of drug-likeness (QED) is 0.732. The van der Waals surface area contributed by atoms with Gasteiger partial charge in [0.25, 0.3) is 0 Å². The Labute approximate surface area is 111 Å². The van der Waals surface area contributed by atoms with Gasteiger partial charge in [-0.05, 0) is 12.5 Å². The molecule has 4 nitrogen and oxygen atoms in total. The molecule has 2 heterocycles. The van der Waals surface area contributed by atoms with Crippen LogP contribution < -0.4 is 5.73 Å². The van der Waals surface area contributed by atoms with Gasteiger partial charge in [0.1, 0.15) is 0 Å². The number of fused-ring (bicyclic) bond motifs is 1. The molecule has 0 saturated carbocycles. The fraction of sp³-hybridized carbons (Fsp3) is 0.0769. The number of aryl methyl sites for hydroxylation is 1. The summed E-state index contributed by atoms with van der Waals surface area (Å²) in [7, 11) is 0. The van der Waals surface area contributed by atoms with Crippen LogP contribution in [0.2, 0.25) is 0 Å². The maximum absolute atomic E-state index is 5.85. The molecular weight excluding hydrogens is 248 g/mol. The second-order valence-corrected chi connectivity index (χ2v) is 4.02. The van der Waals surface area contributed by atoms with E-state index in [2.05, 4.69) is 10.1 Å². The summed E-state index contributed by atoms with van der Waals surface area (Å²) in [5.74, 6) is 0.718. The standard InChI is InChI=1S/C13H12N4.ClH/c1-9-8-17-12(7-11(9)14)15-13(16-17)10-5-3-2-4-6-10;/h2-8H,14H2,1H3;1H. The Bertz CT molecular complexity index is 637. The van der Waals surface area contributed by atoms with Crippen molar-refractivity contribution in [3.8, 4) is 11.4 Å². The van der Waals surface area contributed by atoms with Crippen molar-refractivity contribution >= 4 is 23.7 Å². The second kappa shape index (κ2) is 4.66. The normalized spacial score (nSPS) is 10.3. The van der Waals surface area contributed by atoms with Gasteiger partial charge in [0.05, 0.1) is 0 Å². The van der Waals surface area contributed by atoms with Crippen molar-refractivity contribution < 1.29 is 0 Å². The highest BCUT2D eigenvalue weighted by Crippen LogP contribution is 2.18. The molecule has 0 saturated heterocycles. The summed E-state index contributed by atoms with van der Waals surface area (Å²) in [4.78, 5) is 4.46. The molecule has 0 spiro atoms. The first-order valence-corrected chi connectivity index (χ1v) is 5.42. The van der Waals surface area contributed by atoms with Crippen LogP contribution in [0.25, 0.3) is 17.0 Å². The predicted octanol–water partition coefficient (Wildman–Crippen LogP) is 2.71. The third kappa shape index (κ3) is 2.02. The summed E-state index contributed by atoms with van der Waals surface area (Å²) in [6.45, 7) is 1.96. The highest BCUT2D eigenvalue weighted by molar-refractivity contribution is 5.85. The highest BCUT2D eigenvalue weighted by Gasteiger charge is 2.06. The van der Waals surface area contributed by atoms with Crippen molar-refractivity contribution in [1.29, 1.82) is 0 Å². The SMILES string of the molecule is Cc1cn2nc(-c3ccccc3)nc2cc1N.Cl. The Kier molecular flexibility index (Phi) is 3.21. The van der Waals surface area contributed by atoms with Crippen LogP contribution in [0.3, 0.4) is 0 Å². The van der Waals surface area contributed by atoms with Crippen molar-refractivity contribution in [1.82, 2.24) is 14.6 Å². The van der Waals surface area contributed by atoms with Gasteiger partial charge in [-0.15, -0.1) is 17.5 Å². The molecular formula is C13H13ClN4. The van der Waals surface area contributed by atoms with Gasteiger partial charge < -0.3 is 5.73 Å². The summed E-state index contributed by atoms with van der Waals surface area (Å²) in [5.41, 5.74) is 9.37. The number of benzene rings is 1. The minimum Gasteiger partial charge on any atom is -0.398 e. The average molecular weight is 261 g/mol. The maximum Gasteiger partial charge on any atom is 0.182 e. The van der Waals surface area contributed by atoms with Crippen LogP contribution in [0.5, 0.6) is 0 Å². The van der Waals surface area contributed by atoms with Crippen LogP contribution in [-0.4, -0.2) is 14.6 Å². The lowest BCUT2D eigenvalue weighted by atomic mass is 10.2. The Morgan fingerprint density at radius 3 is 2.61 bits per heavy atom. The Balaban J connectivity index is 0.00000120. The number of nitrogens with zero attached hydrogens (tertiary/aromatic N) is 3. The molecule has 0 atom stereocenters. The molecule has 2 aromatic heterocycles. The Hall–Kier alpha value is -2.07. The van der Waals surface area contributed by atoms with E-state index in [1.807, 2.05) is 49.5 Å². The molecule has 3 rings (SSSR count). The van der Waals surface area contributed by atoms with E-state index in [0.717, 1.165) is 28.3 Å². The van der Waals surface area contributed by atoms with E-state index in [9.17, 15) is 0 Å². The van der Waals surface area contributed by atoms with E-state index in [0.29, 0.717) is 0 Å². The largest absolute Gasteiger partial charge is 0.398 e. The zero-order chi connectivity index (χ0) is 11.8. The molecule has 0 bridgehead atoms. The van der Waals surface area contributed by atoms with Gasteiger partial charge in [-0.2, -0.15) is 0 Å². The monoisotopic (exact) mass is 260 g/mol. The lowest BCUT2D eigenvalue weighted by molar-refractivity contribution is 0.957. The lowest BCUT2D eigenvalue weighted by Crippen LogP contribution is -1.94. The van der Waals surface area contributed by atoms with Crippen molar-refractivity contribution in [3.05, 3.63) is 48.2 Å². The molecule has 1 aromatic carbocycles. The lowest BCUT2D eigenvalue weighted by Gasteiger charge is -1.98. The molecule has 0 fully saturated rings. The molecule has 2 N–H and O–H groups in total. The molecule has 0 amide bonds. The van der Waals surface area contributed by atoms with Crippen LogP contribution in [0.15, 0.2) is 42.6 Å². The van der Waals surface area contributed by atoms with E-state index in [1.165, 1.54) is 0 Å². The van der Waals surface area contributed by atoms with Gasteiger partial charge in [0.15, 0.2) is 11.5 Å². The number of hydrogen-bond acceptors (Lipinski definition) is 3. The highest BCUT2D eigenvalue weighted by atomic mass is 35.5. The van der Waals surface area contributed by atoms with Gasteiger partial charge in [0, 0.05) is 23.5 Å². The first-order chi connectivity index (χ1) is 8.24. The van der Waals surface area contributed by atoms with Crippen molar-refractivity contribution in [2.24, 2.45) is 0 Å². The van der Waals surface area contributed by atoms with Crippen LogP contribution in [-0.2, 0) is 0 Å². The molecule has 3 aromatic rings. The van der Waals surface area contributed by atoms with Gasteiger partial charge in [-0.3, -0.25) is 0 Å². The fourth-order valence-corrected chi connectivity index (χ4v) is 1.75. The molecule has 0 radical (unpaired) electrons. The average Bonchev–Trinajstić information content (AvgIpc) is 2.74. The molecule has 0 aliphatic carbocycles. The first-order valence-electron chi connectivity index (χ1n) is 5.42. The molecule has 5 heteroatoms. The third-order valence-electron chi connectivity index (χ3n) is 2.75. The van der Waals surface area contributed by atoms with Crippen molar-refractivity contribution in [2.45, 2.75) is 6.92 Å². The Morgan fingerprint density at radius 2 is 1.89 bits per heavy atom. The van der Waals surface area contributed by atoms with E-state index >= 15 is 0 Å². The smallest absolute Gasteiger partial charge is 0.182 e. The number of rotatable bonds is 1. The second-order valence-electron chi connectivity index (χ2n) is 4.02. The Morgan fingerprint density at radius 1 is 1.17 bits per heavy atom. The van der Waals surface area contributed by atoms with Crippen LogP contribution in [0.1, 0.15) is 5.56 Å². The van der Waals surface area contributed by atoms with Gasteiger partial charge in [-0.1, -0.05) is 30.3 Å². The van der Waals surface area contributed by atoms with Crippen molar-refractivity contribution in [3.63, 3.8) is 0 Å². The summed E-state index contributed by atoms with van der Waals surface area (Å²) in [6.07, 6.45) is 1.89. The molecule has 92 valence electrons. The van der Waals surface area contributed by atoms with Crippen LogP contribution >= 0.6 is 12.4 Å². The van der Waals surface area contributed by atoms with E-state index < -0.39 is 0 Å². The summed E-state index contributed by atoms with van der Waals surface area (Å²) >= 11 is 0. The summed E-state index contributed by atoms with van der Waals surface area (Å²) in [6, 6.07) is 11.7. The number of hydrogen-bond donors (Lipinski definition) is 1. The van der Waals surface area contributed by atoms with E-state index in [-0.39, 0.29) is 12.4 Å². The number of nitrogens with two attached hydrogens (primary N) is 1. The summed E-state index contributed by atoms with van der Waals surface area (Å²) < 4.78 is 1.76. The number of nitrogen functional groups attached to an aromatic ring is 1. The minimum atomic E-state index is 0. The first kappa shape index (κ1) is 12.4. The van der Waals surface area contributed by atoms with E-state index in [4.69, 9.17) is 5.73 Å².